The molecule has 3 N–H and O–H groups in total. The summed E-state index contributed by atoms with van der Waals surface area (Å²) < 4.78 is 0. The van der Waals surface area contributed by atoms with Crippen LogP contribution in [0.15, 0.2) is 12.1 Å². The Hall–Kier alpha value is -0.640. The van der Waals surface area contributed by atoms with Crippen molar-refractivity contribution in [2.24, 2.45) is 0 Å². The molecule has 2 heterocycles. The summed E-state index contributed by atoms with van der Waals surface area (Å²) in [5.41, 5.74) is 7.17. The highest BCUT2D eigenvalue weighted by Gasteiger charge is 2.35. The van der Waals surface area contributed by atoms with Crippen molar-refractivity contribution in [2.75, 3.05) is 24.1 Å². The fourth-order valence-corrected chi connectivity index (χ4v) is 3.94. The molecule has 2 saturated heterocycles. The minimum atomic E-state index is 0.443. The van der Waals surface area contributed by atoms with Crippen LogP contribution in [0.2, 0.25) is 10.0 Å². The highest BCUT2D eigenvalue weighted by Crippen LogP contribution is 2.36. The second-order valence-corrected chi connectivity index (χ2v) is 6.31. The standard InChI is InChI=1S/C14H19Cl2N3/c15-10-7-9(17)8-11(16)14(10)18-12-4-6-19-5-2-1-3-13(12)19/h7-8,12-13,18H,1-6,17H2. The number of hydrogen-bond donors (Lipinski definition) is 2. The zero-order valence-electron chi connectivity index (χ0n) is 10.8. The van der Waals surface area contributed by atoms with E-state index in [1.54, 1.807) is 12.1 Å². The van der Waals surface area contributed by atoms with Gasteiger partial charge in [0.2, 0.25) is 0 Å². The molecule has 0 aliphatic carbocycles. The second-order valence-electron chi connectivity index (χ2n) is 5.50. The summed E-state index contributed by atoms with van der Waals surface area (Å²) in [6.07, 6.45) is 5.07. The quantitative estimate of drug-likeness (QED) is 0.820. The number of rotatable bonds is 2. The van der Waals surface area contributed by atoms with E-state index in [2.05, 4.69) is 10.2 Å². The molecule has 0 aromatic heterocycles. The average molecular weight is 300 g/mol. The van der Waals surface area contributed by atoms with Gasteiger partial charge in [0.25, 0.3) is 0 Å². The van der Waals surface area contributed by atoms with Gasteiger partial charge < -0.3 is 11.1 Å². The monoisotopic (exact) mass is 299 g/mol. The number of halogens is 2. The lowest BCUT2D eigenvalue weighted by atomic mass is 9.99. The molecular weight excluding hydrogens is 281 g/mol. The SMILES string of the molecule is Nc1cc(Cl)c(NC2CCN3CCCCC23)c(Cl)c1. The molecule has 0 radical (unpaired) electrons. The Morgan fingerprint density at radius 1 is 1.11 bits per heavy atom. The van der Waals surface area contributed by atoms with Crippen molar-refractivity contribution in [1.29, 1.82) is 0 Å². The first-order chi connectivity index (χ1) is 9.15. The van der Waals surface area contributed by atoms with Crippen LogP contribution in [0.5, 0.6) is 0 Å². The Morgan fingerprint density at radius 2 is 1.84 bits per heavy atom. The molecule has 0 saturated carbocycles. The molecule has 2 aliphatic rings. The zero-order chi connectivity index (χ0) is 13.4. The van der Waals surface area contributed by atoms with Crippen LogP contribution in [0.3, 0.4) is 0 Å². The molecule has 2 aliphatic heterocycles. The number of fused-ring (bicyclic) bond motifs is 1. The summed E-state index contributed by atoms with van der Waals surface area (Å²) in [6, 6.07) is 4.57. The molecule has 2 unspecified atom stereocenters. The number of piperidine rings is 1. The number of nitrogen functional groups attached to an aromatic ring is 1. The van der Waals surface area contributed by atoms with Crippen molar-refractivity contribution < 1.29 is 0 Å². The maximum absolute atomic E-state index is 6.25. The van der Waals surface area contributed by atoms with Crippen molar-refractivity contribution in [3.05, 3.63) is 22.2 Å². The molecular formula is C14H19Cl2N3. The minimum absolute atomic E-state index is 0.443. The lowest BCUT2D eigenvalue weighted by molar-refractivity contribution is 0.193. The van der Waals surface area contributed by atoms with Crippen LogP contribution >= 0.6 is 23.2 Å². The van der Waals surface area contributed by atoms with Gasteiger partial charge >= 0.3 is 0 Å². The third kappa shape index (κ3) is 2.64. The number of anilines is 2. The van der Waals surface area contributed by atoms with Crippen LogP contribution in [0.4, 0.5) is 11.4 Å². The molecule has 3 rings (SSSR count). The first kappa shape index (κ1) is 13.3. The largest absolute Gasteiger partial charge is 0.399 e. The molecule has 0 amide bonds. The summed E-state index contributed by atoms with van der Waals surface area (Å²) in [6.45, 7) is 2.40. The maximum atomic E-state index is 6.25. The Kier molecular flexibility index (Phi) is 3.79. The number of benzene rings is 1. The first-order valence-electron chi connectivity index (χ1n) is 6.90. The first-order valence-corrected chi connectivity index (χ1v) is 7.66. The molecule has 2 atom stereocenters. The van der Waals surface area contributed by atoms with E-state index in [9.17, 15) is 0 Å². The minimum Gasteiger partial charge on any atom is -0.399 e. The Balaban J connectivity index is 1.78. The molecule has 2 fully saturated rings. The van der Waals surface area contributed by atoms with E-state index >= 15 is 0 Å². The average Bonchev–Trinajstić information content (AvgIpc) is 2.77. The van der Waals surface area contributed by atoms with E-state index in [0.717, 1.165) is 12.1 Å². The normalized spacial score (nSPS) is 27.3. The predicted molar refractivity (Wildman–Crippen MR) is 82.1 cm³/mol. The van der Waals surface area contributed by atoms with E-state index in [-0.39, 0.29) is 0 Å². The van der Waals surface area contributed by atoms with Crippen LogP contribution in [0, 0.1) is 0 Å². The Labute approximate surface area is 124 Å². The van der Waals surface area contributed by atoms with Gasteiger partial charge in [0.15, 0.2) is 0 Å². The van der Waals surface area contributed by atoms with Crippen molar-refractivity contribution >= 4 is 34.6 Å². The second kappa shape index (κ2) is 5.39. The summed E-state index contributed by atoms with van der Waals surface area (Å²) in [7, 11) is 0. The predicted octanol–water partition coefficient (Wildman–Crippen LogP) is 3.61. The Bertz CT molecular complexity index is 455. The van der Waals surface area contributed by atoms with Crippen molar-refractivity contribution in [1.82, 2.24) is 4.90 Å². The Morgan fingerprint density at radius 3 is 2.58 bits per heavy atom. The smallest absolute Gasteiger partial charge is 0.0723 e. The molecule has 0 spiro atoms. The fourth-order valence-electron chi connectivity index (χ4n) is 3.33. The van der Waals surface area contributed by atoms with E-state index in [0.29, 0.717) is 27.8 Å². The molecule has 19 heavy (non-hydrogen) atoms. The van der Waals surface area contributed by atoms with Gasteiger partial charge in [0, 0.05) is 24.3 Å². The lowest BCUT2D eigenvalue weighted by Crippen LogP contribution is -2.41. The molecule has 104 valence electrons. The van der Waals surface area contributed by atoms with Crippen molar-refractivity contribution in [3.8, 4) is 0 Å². The van der Waals surface area contributed by atoms with Gasteiger partial charge in [-0.1, -0.05) is 29.6 Å². The number of nitrogens with zero attached hydrogens (tertiary/aromatic N) is 1. The molecule has 5 heteroatoms. The lowest BCUT2D eigenvalue weighted by Gasteiger charge is -2.33. The maximum Gasteiger partial charge on any atom is 0.0723 e. The van der Waals surface area contributed by atoms with Gasteiger partial charge in [-0.15, -0.1) is 0 Å². The summed E-state index contributed by atoms with van der Waals surface area (Å²) in [5, 5.41) is 4.76. The van der Waals surface area contributed by atoms with E-state index in [1.165, 1.54) is 32.4 Å². The molecule has 0 bridgehead atoms. The van der Waals surface area contributed by atoms with Gasteiger partial charge in [-0.05, 0) is 37.9 Å². The number of hydrogen-bond acceptors (Lipinski definition) is 3. The summed E-state index contributed by atoms with van der Waals surface area (Å²) in [4.78, 5) is 2.58. The van der Waals surface area contributed by atoms with Crippen LogP contribution in [0.1, 0.15) is 25.7 Å². The third-order valence-corrected chi connectivity index (χ3v) is 4.85. The van der Waals surface area contributed by atoms with Crippen molar-refractivity contribution in [3.63, 3.8) is 0 Å². The number of nitrogens with two attached hydrogens (primary N) is 1. The van der Waals surface area contributed by atoms with Crippen LogP contribution in [-0.2, 0) is 0 Å². The van der Waals surface area contributed by atoms with Gasteiger partial charge in [0.05, 0.1) is 15.7 Å². The summed E-state index contributed by atoms with van der Waals surface area (Å²) >= 11 is 12.5. The molecule has 3 nitrogen and oxygen atoms in total. The third-order valence-electron chi connectivity index (χ3n) is 4.25. The van der Waals surface area contributed by atoms with Gasteiger partial charge in [-0.3, -0.25) is 4.90 Å². The zero-order valence-corrected chi connectivity index (χ0v) is 12.3. The van der Waals surface area contributed by atoms with E-state index < -0.39 is 0 Å². The van der Waals surface area contributed by atoms with Gasteiger partial charge in [-0.2, -0.15) is 0 Å². The molecule has 1 aromatic rings. The summed E-state index contributed by atoms with van der Waals surface area (Å²) in [5.74, 6) is 0. The number of nitrogens with one attached hydrogen (secondary N) is 1. The van der Waals surface area contributed by atoms with E-state index in [1.807, 2.05) is 0 Å². The van der Waals surface area contributed by atoms with Crippen molar-refractivity contribution in [2.45, 2.75) is 37.8 Å². The highest BCUT2D eigenvalue weighted by molar-refractivity contribution is 6.39. The fraction of sp³-hybridized carbons (Fsp3) is 0.571. The molecule has 1 aromatic carbocycles. The van der Waals surface area contributed by atoms with E-state index in [4.69, 9.17) is 28.9 Å². The van der Waals surface area contributed by atoms with Crippen LogP contribution in [-0.4, -0.2) is 30.1 Å². The van der Waals surface area contributed by atoms with Gasteiger partial charge in [0.1, 0.15) is 0 Å². The highest BCUT2D eigenvalue weighted by atomic mass is 35.5. The van der Waals surface area contributed by atoms with Crippen LogP contribution < -0.4 is 11.1 Å². The van der Waals surface area contributed by atoms with Crippen LogP contribution in [0.25, 0.3) is 0 Å². The topological polar surface area (TPSA) is 41.3 Å². The van der Waals surface area contributed by atoms with Gasteiger partial charge in [-0.25, -0.2) is 0 Å².